The molecule has 9 heteroatoms. The van der Waals surface area contributed by atoms with E-state index in [0.717, 1.165) is 12.1 Å². The van der Waals surface area contributed by atoms with Crippen molar-refractivity contribution in [2.75, 3.05) is 0 Å². The van der Waals surface area contributed by atoms with Crippen molar-refractivity contribution >= 4 is 16.0 Å². The Labute approximate surface area is 126 Å². The molecule has 0 aromatic heterocycles. The van der Waals surface area contributed by atoms with Gasteiger partial charge < -0.3 is 5.11 Å². The van der Waals surface area contributed by atoms with Crippen molar-refractivity contribution in [2.45, 2.75) is 37.9 Å². The summed E-state index contributed by atoms with van der Waals surface area (Å²) in [6.45, 7) is 4.18. The van der Waals surface area contributed by atoms with Gasteiger partial charge in [0.15, 0.2) is 0 Å². The SMILES string of the molecule is Cc1ccc(S(=O)(=O)NC(C(=O)O)C(C)C)cc1C(F)(F)F. The molecule has 0 spiro atoms. The van der Waals surface area contributed by atoms with Gasteiger partial charge in [0.05, 0.1) is 10.5 Å². The van der Waals surface area contributed by atoms with Crippen LogP contribution in [0, 0.1) is 12.8 Å². The first-order chi connectivity index (χ1) is 9.86. The second-order valence-corrected chi connectivity index (χ2v) is 6.87. The molecule has 1 aromatic rings. The zero-order valence-corrected chi connectivity index (χ0v) is 12.9. The van der Waals surface area contributed by atoms with Crippen molar-refractivity contribution < 1.29 is 31.5 Å². The molecule has 0 aliphatic carbocycles. The van der Waals surface area contributed by atoms with E-state index >= 15 is 0 Å². The van der Waals surface area contributed by atoms with Gasteiger partial charge in [-0.15, -0.1) is 0 Å². The Bertz CT molecular complexity index is 668. The van der Waals surface area contributed by atoms with Crippen molar-refractivity contribution in [1.29, 1.82) is 0 Å². The van der Waals surface area contributed by atoms with Gasteiger partial charge >= 0.3 is 12.1 Å². The van der Waals surface area contributed by atoms with E-state index < -0.39 is 44.6 Å². The predicted molar refractivity (Wildman–Crippen MR) is 72.8 cm³/mol. The molecule has 22 heavy (non-hydrogen) atoms. The minimum atomic E-state index is -4.69. The van der Waals surface area contributed by atoms with E-state index in [1.807, 2.05) is 4.72 Å². The number of alkyl halides is 3. The number of carbonyl (C=O) groups is 1. The summed E-state index contributed by atoms with van der Waals surface area (Å²) in [4.78, 5) is 10.4. The van der Waals surface area contributed by atoms with E-state index in [0.29, 0.717) is 6.07 Å². The van der Waals surface area contributed by atoms with Gasteiger partial charge in [-0.3, -0.25) is 4.79 Å². The molecule has 0 aliphatic rings. The number of aliphatic carboxylic acids is 1. The number of aryl methyl sites for hydroxylation is 1. The number of benzene rings is 1. The molecule has 0 radical (unpaired) electrons. The minimum Gasteiger partial charge on any atom is -0.480 e. The minimum absolute atomic E-state index is 0.120. The molecule has 1 unspecified atom stereocenters. The normalized spacial score (nSPS) is 14.1. The van der Waals surface area contributed by atoms with Crippen LogP contribution < -0.4 is 4.72 Å². The molecular formula is C13H16F3NO4S. The second kappa shape index (κ2) is 6.25. The first-order valence-corrected chi connectivity index (χ1v) is 7.77. The highest BCUT2D eigenvalue weighted by molar-refractivity contribution is 7.89. The lowest BCUT2D eigenvalue weighted by molar-refractivity contribution is -0.140. The maximum atomic E-state index is 12.8. The number of halogens is 3. The van der Waals surface area contributed by atoms with Crippen LogP contribution in [0.5, 0.6) is 0 Å². The number of carboxylic acids is 1. The molecular weight excluding hydrogens is 323 g/mol. The molecule has 0 bridgehead atoms. The molecule has 0 aliphatic heterocycles. The Morgan fingerprint density at radius 1 is 1.27 bits per heavy atom. The molecule has 1 rings (SSSR count). The first kappa shape index (κ1) is 18.4. The number of rotatable bonds is 5. The van der Waals surface area contributed by atoms with E-state index in [9.17, 15) is 26.4 Å². The topological polar surface area (TPSA) is 83.5 Å². The molecule has 124 valence electrons. The van der Waals surface area contributed by atoms with E-state index in [1.54, 1.807) is 0 Å². The van der Waals surface area contributed by atoms with Crippen molar-refractivity contribution in [2.24, 2.45) is 5.92 Å². The Morgan fingerprint density at radius 3 is 2.23 bits per heavy atom. The van der Waals surface area contributed by atoms with Gasteiger partial charge in [-0.1, -0.05) is 19.9 Å². The summed E-state index contributed by atoms with van der Waals surface area (Å²) in [6, 6.07) is 1.10. The zero-order valence-electron chi connectivity index (χ0n) is 12.1. The molecule has 5 nitrogen and oxygen atoms in total. The molecule has 0 saturated heterocycles. The maximum Gasteiger partial charge on any atom is 0.416 e. The number of sulfonamides is 1. The number of carboxylic acid groups (broad SMARTS) is 1. The van der Waals surface area contributed by atoms with Crippen molar-refractivity contribution in [3.05, 3.63) is 29.3 Å². The second-order valence-electron chi connectivity index (χ2n) is 5.16. The first-order valence-electron chi connectivity index (χ1n) is 6.29. The van der Waals surface area contributed by atoms with Gasteiger partial charge in [0.2, 0.25) is 10.0 Å². The van der Waals surface area contributed by atoms with Crippen molar-refractivity contribution in [3.63, 3.8) is 0 Å². The maximum absolute atomic E-state index is 12.8. The Hall–Kier alpha value is -1.61. The van der Waals surface area contributed by atoms with Crippen LogP contribution in [-0.4, -0.2) is 25.5 Å². The van der Waals surface area contributed by atoms with Crippen molar-refractivity contribution in [1.82, 2.24) is 4.72 Å². The summed E-state index contributed by atoms with van der Waals surface area (Å²) in [7, 11) is -4.38. The molecule has 1 atom stereocenters. The van der Waals surface area contributed by atoms with Gasteiger partial charge in [-0.2, -0.15) is 17.9 Å². The van der Waals surface area contributed by atoms with Gasteiger partial charge in [0.1, 0.15) is 6.04 Å². The van der Waals surface area contributed by atoms with E-state index in [4.69, 9.17) is 5.11 Å². The van der Waals surface area contributed by atoms with Crippen LogP contribution in [0.15, 0.2) is 23.1 Å². The molecule has 0 fully saturated rings. The third kappa shape index (κ3) is 4.20. The fraction of sp³-hybridized carbons (Fsp3) is 0.462. The lowest BCUT2D eigenvalue weighted by Crippen LogP contribution is -2.44. The molecule has 2 N–H and O–H groups in total. The number of hydrogen-bond donors (Lipinski definition) is 2. The lowest BCUT2D eigenvalue weighted by Gasteiger charge is -2.19. The zero-order chi connectivity index (χ0) is 17.3. The number of hydrogen-bond acceptors (Lipinski definition) is 3. The summed E-state index contributed by atoms with van der Waals surface area (Å²) in [5.74, 6) is -1.97. The summed E-state index contributed by atoms with van der Waals surface area (Å²) < 4.78 is 64.6. The van der Waals surface area contributed by atoms with Crippen LogP contribution in [0.25, 0.3) is 0 Å². The van der Waals surface area contributed by atoms with Crippen LogP contribution in [0.2, 0.25) is 0 Å². The summed E-state index contributed by atoms with van der Waals surface area (Å²) in [5, 5.41) is 8.97. The van der Waals surface area contributed by atoms with E-state index in [2.05, 4.69) is 0 Å². The highest BCUT2D eigenvalue weighted by Crippen LogP contribution is 2.33. The highest BCUT2D eigenvalue weighted by atomic mass is 32.2. The summed E-state index contributed by atoms with van der Waals surface area (Å²) in [5.41, 5.74) is -1.20. The van der Waals surface area contributed by atoms with Crippen molar-refractivity contribution in [3.8, 4) is 0 Å². The van der Waals surface area contributed by atoms with Crippen LogP contribution in [-0.2, 0) is 21.0 Å². The van der Waals surface area contributed by atoms with E-state index in [-0.39, 0.29) is 5.56 Å². The lowest BCUT2D eigenvalue weighted by atomic mass is 10.1. The van der Waals surface area contributed by atoms with Gasteiger partial charge in [-0.25, -0.2) is 8.42 Å². The summed E-state index contributed by atoms with van der Waals surface area (Å²) in [6.07, 6.45) is -4.69. The average Bonchev–Trinajstić information content (AvgIpc) is 2.34. The molecule has 0 saturated carbocycles. The largest absolute Gasteiger partial charge is 0.480 e. The third-order valence-electron chi connectivity index (χ3n) is 3.04. The molecule has 1 aromatic carbocycles. The van der Waals surface area contributed by atoms with Gasteiger partial charge in [0, 0.05) is 0 Å². The molecule has 0 heterocycles. The Kier molecular flexibility index (Phi) is 5.24. The summed E-state index contributed by atoms with van der Waals surface area (Å²) >= 11 is 0. The predicted octanol–water partition coefficient (Wildman–Crippen LogP) is 2.40. The smallest absolute Gasteiger partial charge is 0.416 e. The van der Waals surface area contributed by atoms with Crippen LogP contribution in [0.1, 0.15) is 25.0 Å². The third-order valence-corrected chi connectivity index (χ3v) is 4.48. The van der Waals surface area contributed by atoms with Crippen LogP contribution in [0.3, 0.4) is 0 Å². The fourth-order valence-electron chi connectivity index (χ4n) is 1.78. The Morgan fingerprint density at radius 2 is 1.82 bits per heavy atom. The Balaban J connectivity index is 3.27. The highest BCUT2D eigenvalue weighted by Gasteiger charge is 2.34. The monoisotopic (exact) mass is 339 g/mol. The van der Waals surface area contributed by atoms with Crippen LogP contribution in [0.4, 0.5) is 13.2 Å². The quantitative estimate of drug-likeness (QED) is 0.863. The fourth-order valence-corrected chi connectivity index (χ4v) is 3.14. The number of nitrogens with one attached hydrogen (secondary N) is 1. The van der Waals surface area contributed by atoms with E-state index in [1.165, 1.54) is 20.8 Å². The average molecular weight is 339 g/mol. The van der Waals surface area contributed by atoms with Crippen LogP contribution >= 0.6 is 0 Å². The standard InChI is InChI=1S/C13H16F3NO4S/c1-7(2)11(12(18)19)17-22(20,21)9-5-4-8(3)10(6-9)13(14,15)16/h4-7,11,17H,1-3H3,(H,18,19). The molecule has 0 amide bonds. The van der Waals surface area contributed by atoms with Gasteiger partial charge in [-0.05, 0) is 30.5 Å². The van der Waals surface area contributed by atoms with Gasteiger partial charge in [0.25, 0.3) is 0 Å².